The Bertz CT molecular complexity index is 829. The molecule has 1 aromatic heterocycles. The summed E-state index contributed by atoms with van der Waals surface area (Å²) in [6, 6.07) is 9.06. The van der Waals surface area contributed by atoms with Gasteiger partial charge in [0, 0.05) is 24.7 Å². The highest BCUT2D eigenvalue weighted by atomic mass is 16.3. The number of nitrogens with zero attached hydrogens (tertiary/aromatic N) is 2. The van der Waals surface area contributed by atoms with E-state index in [0.29, 0.717) is 17.0 Å². The summed E-state index contributed by atoms with van der Waals surface area (Å²) in [7, 11) is 2.13. The summed E-state index contributed by atoms with van der Waals surface area (Å²) in [5, 5.41) is 0.516. The molecule has 2 saturated heterocycles. The average Bonchev–Trinajstić information content (AvgIpc) is 3.22. The minimum atomic E-state index is -0.158. The average molecular weight is 326 g/mol. The molecule has 1 aromatic carbocycles. The van der Waals surface area contributed by atoms with Gasteiger partial charge < -0.3 is 14.2 Å². The topological polar surface area (TPSA) is 53.8 Å². The Morgan fingerprint density at radius 3 is 2.67 bits per heavy atom. The lowest BCUT2D eigenvalue weighted by Gasteiger charge is -2.32. The number of amides is 1. The van der Waals surface area contributed by atoms with Crippen molar-refractivity contribution in [3.63, 3.8) is 0 Å². The van der Waals surface area contributed by atoms with Crippen molar-refractivity contribution in [2.45, 2.75) is 37.8 Å². The van der Waals surface area contributed by atoms with Crippen LogP contribution in [0.25, 0.3) is 11.0 Å². The molecule has 2 aromatic rings. The van der Waals surface area contributed by atoms with Crippen LogP contribution < -0.4 is 5.43 Å². The number of fused-ring (bicyclic) bond motifs is 1. The van der Waals surface area contributed by atoms with Crippen LogP contribution >= 0.6 is 0 Å². The smallest absolute Gasteiger partial charge is 0.290 e. The van der Waals surface area contributed by atoms with E-state index in [9.17, 15) is 9.59 Å². The highest BCUT2D eigenvalue weighted by Crippen LogP contribution is 2.30. The molecule has 3 heterocycles. The Hall–Kier alpha value is -2.14. The maximum absolute atomic E-state index is 13.0. The number of para-hydroxylation sites is 1. The third-order valence-corrected chi connectivity index (χ3v) is 5.43. The molecule has 0 unspecified atom stereocenters. The summed E-state index contributed by atoms with van der Waals surface area (Å²) >= 11 is 0. The van der Waals surface area contributed by atoms with Crippen LogP contribution in [0.5, 0.6) is 0 Å². The van der Waals surface area contributed by atoms with Gasteiger partial charge in [0.15, 0.2) is 11.2 Å². The van der Waals surface area contributed by atoms with Crippen molar-refractivity contribution in [2.24, 2.45) is 0 Å². The molecule has 24 heavy (non-hydrogen) atoms. The van der Waals surface area contributed by atoms with Gasteiger partial charge in [-0.15, -0.1) is 0 Å². The van der Waals surface area contributed by atoms with Crippen molar-refractivity contribution in [1.29, 1.82) is 0 Å². The lowest BCUT2D eigenvalue weighted by molar-refractivity contribution is 0.0633. The van der Waals surface area contributed by atoms with Crippen LogP contribution in [0, 0.1) is 0 Å². The van der Waals surface area contributed by atoms with Gasteiger partial charge in [0.2, 0.25) is 0 Å². The molecule has 2 aliphatic rings. The molecule has 2 fully saturated rings. The van der Waals surface area contributed by atoms with Gasteiger partial charge >= 0.3 is 0 Å². The van der Waals surface area contributed by atoms with Crippen molar-refractivity contribution in [1.82, 2.24) is 9.80 Å². The summed E-state index contributed by atoms with van der Waals surface area (Å²) in [4.78, 5) is 29.5. The fourth-order valence-corrected chi connectivity index (χ4v) is 4.22. The number of carbonyl (C=O) groups is 1. The summed E-state index contributed by atoms with van der Waals surface area (Å²) in [5.74, 6) is 0.00639. The van der Waals surface area contributed by atoms with Crippen molar-refractivity contribution in [2.75, 3.05) is 20.1 Å². The SMILES string of the molecule is CN1CCC[C@H]1[C@H]1CCCN1C(=O)c1cc(=O)c2ccccc2o1. The van der Waals surface area contributed by atoms with Crippen LogP contribution in [0.2, 0.25) is 0 Å². The predicted octanol–water partition coefficient (Wildman–Crippen LogP) is 2.49. The number of hydrogen-bond acceptors (Lipinski definition) is 4. The van der Waals surface area contributed by atoms with Gasteiger partial charge in [-0.25, -0.2) is 0 Å². The molecule has 4 rings (SSSR count). The lowest BCUT2D eigenvalue weighted by atomic mass is 10.0. The highest BCUT2D eigenvalue weighted by Gasteiger charge is 2.39. The van der Waals surface area contributed by atoms with E-state index in [4.69, 9.17) is 4.42 Å². The third kappa shape index (κ3) is 2.53. The molecule has 0 bridgehead atoms. The van der Waals surface area contributed by atoms with Gasteiger partial charge in [0.1, 0.15) is 5.58 Å². The Balaban J connectivity index is 1.66. The summed E-state index contributed by atoms with van der Waals surface area (Å²) < 4.78 is 5.75. The van der Waals surface area contributed by atoms with E-state index < -0.39 is 0 Å². The first-order valence-electron chi connectivity index (χ1n) is 8.69. The Morgan fingerprint density at radius 1 is 1.12 bits per heavy atom. The molecular weight excluding hydrogens is 304 g/mol. The maximum atomic E-state index is 13.0. The van der Waals surface area contributed by atoms with E-state index in [2.05, 4.69) is 11.9 Å². The van der Waals surface area contributed by atoms with Crippen molar-refractivity contribution < 1.29 is 9.21 Å². The van der Waals surface area contributed by atoms with Gasteiger partial charge in [-0.1, -0.05) is 12.1 Å². The van der Waals surface area contributed by atoms with Crippen LogP contribution in [0.1, 0.15) is 36.2 Å². The zero-order valence-corrected chi connectivity index (χ0v) is 13.9. The monoisotopic (exact) mass is 326 g/mol. The first-order valence-corrected chi connectivity index (χ1v) is 8.69. The van der Waals surface area contributed by atoms with Gasteiger partial charge in [-0.3, -0.25) is 9.59 Å². The van der Waals surface area contributed by atoms with Gasteiger partial charge in [-0.2, -0.15) is 0 Å². The molecule has 0 N–H and O–H groups in total. The molecule has 0 saturated carbocycles. The Labute approximate surface area is 140 Å². The molecule has 5 heteroatoms. The number of likely N-dealkylation sites (N-methyl/N-ethyl adjacent to an activating group) is 1. The van der Waals surface area contributed by atoms with E-state index in [0.717, 1.165) is 32.4 Å². The number of rotatable bonds is 2. The third-order valence-electron chi connectivity index (χ3n) is 5.43. The van der Waals surface area contributed by atoms with E-state index >= 15 is 0 Å². The molecule has 0 aliphatic carbocycles. The highest BCUT2D eigenvalue weighted by molar-refractivity contribution is 5.93. The van der Waals surface area contributed by atoms with Gasteiger partial charge in [-0.05, 0) is 51.4 Å². The second-order valence-electron chi connectivity index (χ2n) is 6.87. The predicted molar refractivity (Wildman–Crippen MR) is 92.2 cm³/mol. The molecule has 126 valence electrons. The van der Waals surface area contributed by atoms with E-state index in [1.165, 1.54) is 12.5 Å². The summed E-state index contributed by atoms with van der Waals surface area (Å²) in [6.45, 7) is 1.83. The minimum Gasteiger partial charge on any atom is -0.451 e. The van der Waals surface area contributed by atoms with Gasteiger partial charge in [0.25, 0.3) is 5.91 Å². The lowest BCUT2D eigenvalue weighted by Crippen LogP contribution is -2.47. The molecule has 5 nitrogen and oxygen atoms in total. The van der Waals surface area contributed by atoms with Crippen LogP contribution in [0.4, 0.5) is 0 Å². The number of carbonyl (C=O) groups excluding carboxylic acids is 1. The normalized spacial score (nSPS) is 24.8. The second kappa shape index (κ2) is 6.06. The second-order valence-corrected chi connectivity index (χ2v) is 6.87. The van der Waals surface area contributed by atoms with Crippen LogP contribution in [0.15, 0.2) is 39.5 Å². The standard InChI is InChI=1S/C19H22N2O3/c1-20-10-4-7-14(20)15-8-5-11-21(15)19(23)18-12-16(22)13-6-2-3-9-17(13)24-18/h2-3,6,9,12,14-15H,4-5,7-8,10-11H2,1H3/t14-,15+/m0/s1. The fraction of sp³-hybridized carbons (Fsp3) is 0.474. The molecule has 0 radical (unpaired) electrons. The Morgan fingerprint density at radius 2 is 1.88 bits per heavy atom. The summed E-state index contributed by atoms with van der Waals surface area (Å²) in [6.07, 6.45) is 4.36. The van der Waals surface area contributed by atoms with Crippen LogP contribution in [-0.2, 0) is 0 Å². The minimum absolute atomic E-state index is 0.152. The maximum Gasteiger partial charge on any atom is 0.290 e. The zero-order valence-electron chi connectivity index (χ0n) is 13.9. The Kier molecular flexibility index (Phi) is 3.88. The quantitative estimate of drug-likeness (QED) is 0.851. The van der Waals surface area contributed by atoms with Crippen molar-refractivity contribution in [3.05, 3.63) is 46.3 Å². The van der Waals surface area contributed by atoms with Crippen molar-refractivity contribution >= 4 is 16.9 Å². The van der Waals surface area contributed by atoms with Gasteiger partial charge in [0.05, 0.1) is 5.39 Å². The number of hydrogen-bond donors (Lipinski definition) is 0. The van der Waals surface area contributed by atoms with Crippen LogP contribution in [-0.4, -0.2) is 47.9 Å². The van der Waals surface area contributed by atoms with E-state index in [1.54, 1.807) is 18.2 Å². The summed E-state index contributed by atoms with van der Waals surface area (Å²) in [5.41, 5.74) is 0.316. The molecule has 0 spiro atoms. The van der Waals surface area contributed by atoms with Crippen LogP contribution in [0.3, 0.4) is 0 Å². The first-order chi connectivity index (χ1) is 11.6. The zero-order chi connectivity index (χ0) is 16.7. The van der Waals surface area contributed by atoms with E-state index in [1.807, 2.05) is 11.0 Å². The molecular formula is C19H22N2O3. The first kappa shape index (κ1) is 15.4. The molecule has 1 amide bonds. The largest absolute Gasteiger partial charge is 0.451 e. The number of benzene rings is 1. The van der Waals surface area contributed by atoms with E-state index in [-0.39, 0.29) is 23.1 Å². The fourth-order valence-electron chi connectivity index (χ4n) is 4.22. The molecule has 2 atom stereocenters. The number of likely N-dealkylation sites (tertiary alicyclic amines) is 2. The van der Waals surface area contributed by atoms with Crippen molar-refractivity contribution in [3.8, 4) is 0 Å². The molecule has 2 aliphatic heterocycles.